The molecule has 0 spiro atoms. The number of aryl methyl sites for hydroxylation is 2. The third kappa shape index (κ3) is 4.03. The highest BCUT2D eigenvalue weighted by atomic mass is 35.5. The van der Waals surface area contributed by atoms with Crippen LogP contribution in [0.3, 0.4) is 0 Å². The van der Waals surface area contributed by atoms with Crippen molar-refractivity contribution < 1.29 is 14.3 Å². The van der Waals surface area contributed by atoms with Gasteiger partial charge in [0.15, 0.2) is 6.61 Å². The Hall–Kier alpha value is -2.43. The number of ketones is 1. The number of hydrogen-bond donors (Lipinski definition) is 0. The van der Waals surface area contributed by atoms with Crippen LogP contribution in [0.5, 0.6) is 0 Å². The fraction of sp³-hybridized carbons (Fsp3) is 0.143. The molecular weight excluding hydrogens is 368 g/mol. The van der Waals surface area contributed by atoms with Crippen molar-refractivity contribution in [2.24, 2.45) is 0 Å². The van der Waals surface area contributed by atoms with E-state index < -0.39 is 5.97 Å². The first-order valence-electron chi connectivity index (χ1n) is 8.08. The number of thiophene rings is 1. The first-order chi connectivity index (χ1) is 12.5. The van der Waals surface area contributed by atoms with Crippen molar-refractivity contribution in [1.29, 1.82) is 0 Å². The predicted octanol–water partition coefficient (Wildman–Crippen LogP) is 5.61. The molecule has 0 bridgehead atoms. The summed E-state index contributed by atoms with van der Waals surface area (Å²) < 4.78 is 6.13. The second-order valence-electron chi connectivity index (χ2n) is 5.96. The first-order valence-corrected chi connectivity index (χ1v) is 9.27. The lowest BCUT2D eigenvalue weighted by atomic mass is 10.0. The maximum atomic E-state index is 12.2. The molecule has 1 heterocycles. The number of ether oxygens (including phenoxy) is 1. The summed E-state index contributed by atoms with van der Waals surface area (Å²) in [5.74, 6) is -0.787. The van der Waals surface area contributed by atoms with Crippen molar-refractivity contribution in [2.45, 2.75) is 13.8 Å². The fourth-order valence-corrected chi connectivity index (χ4v) is 3.98. The van der Waals surface area contributed by atoms with Crippen molar-refractivity contribution in [3.8, 4) is 0 Å². The second-order valence-corrected chi connectivity index (χ2v) is 7.42. The molecule has 0 aliphatic rings. The van der Waals surface area contributed by atoms with Crippen LogP contribution in [-0.4, -0.2) is 18.4 Å². The van der Waals surface area contributed by atoms with Gasteiger partial charge in [0.2, 0.25) is 5.78 Å². The minimum absolute atomic E-state index is 0.215. The van der Waals surface area contributed by atoms with Gasteiger partial charge in [-0.2, -0.15) is 0 Å². The van der Waals surface area contributed by atoms with E-state index >= 15 is 0 Å². The van der Waals surface area contributed by atoms with Crippen molar-refractivity contribution in [1.82, 2.24) is 0 Å². The molecule has 0 saturated heterocycles. The fourth-order valence-electron chi connectivity index (χ4n) is 2.58. The minimum atomic E-state index is -0.572. The molecule has 0 fully saturated rings. The van der Waals surface area contributed by atoms with Gasteiger partial charge in [0, 0.05) is 26.6 Å². The van der Waals surface area contributed by atoms with Gasteiger partial charge in [-0.1, -0.05) is 47.5 Å². The SMILES string of the molecule is Cc1ccc(C)c(C(=O)COC(=O)/C=C/c2sc3ccccc3c2Cl)c1. The molecule has 0 radical (unpaired) electrons. The summed E-state index contributed by atoms with van der Waals surface area (Å²) in [5.41, 5.74) is 2.43. The summed E-state index contributed by atoms with van der Waals surface area (Å²) >= 11 is 7.83. The average Bonchev–Trinajstić information content (AvgIpc) is 2.96. The van der Waals surface area contributed by atoms with E-state index in [-0.39, 0.29) is 12.4 Å². The van der Waals surface area contributed by atoms with Crippen molar-refractivity contribution >= 4 is 50.9 Å². The van der Waals surface area contributed by atoms with Gasteiger partial charge in [-0.3, -0.25) is 4.79 Å². The number of halogens is 1. The van der Waals surface area contributed by atoms with Crippen molar-refractivity contribution in [2.75, 3.05) is 6.61 Å². The summed E-state index contributed by atoms with van der Waals surface area (Å²) in [4.78, 5) is 25.0. The van der Waals surface area contributed by atoms with Gasteiger partial charge in [0.1, 0.15) is 0 Å². The third-order valence-electron chi connectivity index (χ3n) is 3.97. The summed E-state index contributed by atoms with van der Waals surface area (Å²) in [6.45, 7) is 3.49. The highest BCUT2D eigenvalue weighted by molar-refractivity contribution is 7.20. The lowest BCUT2D eigenvalue weighted by Gasteiger charge is -2.06. The van der Waals surface area contributed by atoms with E-state index in [9.17, 15) is 9.59 Å². The zero-order valence-electron chi connectivity index (χ0n) is 14.4. The molecule has 3 aromatic rings. The summed E-state index contributed by atoms with van der Waals surface area (Å²) in [5, 5.41) is 1.57. The largest absolute Gasteiger partial charge is 0.454 e. The minimum Gasteiger partial charge on any atom is -0.454 e. The van der Waals surface area contributed by atoms with Gasteiger partial charge >= 0.3 is 5.97 Å². The normalized spacial score (nSPS) is 11.2. The van der Waals surface area contributed by atoms with Crippen LogP contribution in [0, 0.1) is 13.8 Å². The van der Waals surface area contributed by atoms with Gasteiger partial charge in [-0.05, 0) is 37.6 Å². The molecular formula is C21H17ClO3S. The Bertz CT molecular complexity index is 1020. The van der Waals surface area contributed by atoms with Crippen LogP contribution >= 0.6 is 22.9 Å². The van der Waals surface area contributed by atoms with Crippen molar-refractivity contribution in [3.05, 3.63) is 75.1 Å². The summed E-state index contributed by atoms with van der Waals surface area (Å²) in [7, 11) is 0. The van der Waals surface area contributed by atoms with Gasteiger partial charge in [0.05, 0.1) is 5.02 Å². The highest BCUT2D eigenvalue weighted by Gasteiger charge is 2.12. The number of rotatable bonds is 5. The Morgan fingerprint density at radius 1 is 1.15 bits per heavy atom. The number of Topliss-reactive ketones (excluding diaryl/α,β-unsaturated/α-hetero) is 1. The molecule has 0 unspecified atom stereocenters. The monoisotopic (exact) mass is 384 g/mol. The maximum absolute atomic E-state index is 12.2. The number of carbonyl (C=O) groups is 2. The molecule has 0 aliphatic carbocycles. The number of carbonyl (C=O) groups excluding carboxylic acids is 2. The molecule has 26 heavy (non-hydrogen) atoms. The number of fused-ring (bicyclic) bond motifs is 1. The molecule has 0 aliphatic heterocycles. The molecule has 2 aromatic carbocycles. The molecule has 3 nitrogen and oxygen atoms in total. The Kier molecular flexibility index (Phi) is 5.55. The molecule has 0 saturated carbocycles. The van der Waals surface area contributed by atoms with E-state index in [1.54, 1.807) is 12.1 Å². The molecule has 0 N–H and O–H groups in total. The van der Waals surface area contributed by atoms with E-state index in [0.29, 0.717) is 10.6 Å². The van der Waals surface area contributed by atoms with E-state index in [0.717, 1.165) is 26.1 Å². The lowest BCUT2D eigenvalue weighted by molar-refractivity contribution is -0.136. The van der Waals surface area contributed by atoms with Crippen LogP contribution < -0.4 is 0 Å². The molecule has 0 atom stereocenters. The van der Waals surface area contributed by atoms with Crippen LogP contribution in [0.2, 0.25) is 5.02 Å². The van der Waals surface area contributed by atoms with E-state index in [1.165, 1.54) is 17.4 Å². The smallest absolute Gasteiger partial charge is 0.331 e. The van der Waals surface area contributed by atoms with Gasteiger partial charge in [-0.15, -0.1) is 11.3 Å². The topological polar surface area (TPSA) is 43.4 Å². The number of hydrogen-bond acceptors (Lipinski definition) is 4. The van der Waals surface area contributed by atoms with Gasteiger partial charge < -0.3 is 4.74 Å². The zero-order chi connectivity index (χ0) is 18.7. The highest BCUT2D eigenvalue weighted by Crippen LogP contribution is 2.35. The second kappa shape index (κ2) is 7.85. The Labute approximate surface area is 160 Å². The van der Waals surface area contributed by atoms with Crippen LogP contribution in [0.4, 0.5) is 0 Å². The predicted molar refractivity (Wildman–Crippen MR) is 107 cm³/mol. The number of benzene rings is 2. The Morgan fingerprint density at radius 3 is 2.69 bits per heavy atom. The van der Waals surface area contributed by atoms with Crippen LogP contribution in [0.25, 0.3) is 16.2 Å². The van der Waals surface area contributed by atoms with E-state index in [4.69, 9.17) is 16.3 Å². The molecule has 1 aromatic heterocycles. The van der Waals surface area contributed by atoms with E-state index in [2.05, 4.69) is 0 Å². The van der Waals surface area contributed by atoms with Gasteiger partial charge in [0.25, 0.3) is 0 Å². The molecule has 3 rings (SSSR count). The maximum Gasteiger partial charge on any atom is 0.331 e. The summed E-state index contributed by atoms with van der Waals surface area (Å²) in [6, 6.07) is 13.4. The van der Waals surface area contributed by atoms with E-state index in [1.807, 2.05) is 50.2 Å². The number of esters is 1. The zero-order valence-corrected chi connectivity index (χ0v) is 16.0. The first kappa shape index (κ1) is 18.4. The molecule has 0 amide bonds. The van der Waals surface area contributed by atoms with Crippen LogP contribution in [0.15, 0.2) is 48.5 Å². The van der Waals surface area contributed by atoms with Gasteiger partial charge in [-0.25, -0.2) is 4.79 Å². The molecule has 132 valence electrons. The summed E-state index contributed by atoms with van der Waals surface area (Å²) in [6.07, 6.45) is 2.92. The Morgan fingerprint density at radius 2 is 1.92 bits per heavy atom. The standard InChI is InChI=1S/C21H17ClO3S/c1-13-7-8-14(2)16(11-13)17(23)12-25-20(24)10-9-19-21(22)15-5-3-4-6-18(15)26-19/h3-11H,12H2,1-2H3/b10-9+. The molecule has 5 heteroatoms. The van der Waals surface area contributed by atoms with Crippen LogP contribution in [-0.2, 0) is 9.53 Å². The van der Waals surface area contributed by atoms with Crippen molar-refractivity contribution in [3.63, 3.8) is 0 Å². The van der Waals surface area contributed by atoms with Crippen LogP contribution in [0.1, 0.15) is 26.4 Å². The Balaban J connectivity index is 1.65. The quantitative estimate of drug-likeness (QED) is 0.326. The average molecular weight is 385 g/mol. The lowest BCUT2D eigenvalue weighted by Crippen LogP contribution is -2.13. The third-order valence-corrected chi connectivity index (χ3v) is 5.62.